The zero-order chi connectivity index (χ0) is 17.8. The number of piperazine rings is 1. The molecule has 132 valence electrons. The summed E-state index contributed by atoms with van der Waals surface area (Å²) in [5.74, 6) is -0.518. The number of carboxylic acid groups (broad SMARTS) is 1. The van der Waals surface area contributed by atoms with Crippen molar-refractivity contribution < 1.29 is 19.0 Å². The topological polar surface area (TPSA) is 78.8 Å². The molecule has 0 spiro atoms. The van der Waals surface area contributed by atoms with Gasteiger partial charge in [-0.3, -0.25) is 4.90 Å². The molecule has 1 N–H and O–H groups in total. The van der Waals surface area contributed by atoms with Gasteiger partial charge in [-0.15, -0.1) is 0 Å². The number of hydrogen-bond acceptors (Lipinski definition) is 6. The van der Waals surface area contributed by atoms with Gasteiger partial charge >= 0.3 is 5.97 Å². The van der Waals surface area contributed by atoms with E-state index in [1.807, 2.05) is 0 Å². The molecule has 0 amide bonds. The molecule has 25 heavy (non-hydrogen) atoms. The van der Waals surface area contributed by atoms with Crippen LogP contribution in [0.4, 0.5) is 10.3 Å². The van der Waals surface area contributed by atoms with Gasteiger partial charge in [0.15, 0.2) is 0 Å². The quantitative estimate of drug-likeness (QED) is 0.882. The number of rotatable bonds is 5. The molecule has 3 rings (SSSR count). The first-order valence-corrected chi connectivity index (χ1v) is 7.93. The molecule has 1 aliphatic heterocycles. The van der Waals surface area contributed by atoms with Crippen molar-refractivity contribution in [2.45, 2.75) is 6.54 Å². The summed E-state index contributed by atoms with van der Waals surface area (Å²) in [6, 6.07) is 5.60. The van der Waals surface area contributed by atoms with E-state index < -0.39 is 11.8 Å². The van der Waals surface area contributed by atoms with Crippen LogP contribution in [0, 0.1) is 5.82 Å². The summed E-state index contributed by atoms with van der Waals surface area (Å²) >= 11 is 0. The number of aromatic nitrogens is 2. The van der Waals surface area contributed by atoms with E-state index in [-0.39, 0.29) is 5.56 Å². The fourth-order valence-corrected chi connectivity index (χ4v) is 2.83. The number of anilines is 1. The molecule has 0 aliphatic carbocycles. The van der Waals surface area contributed by atoms with Crippen LogP contribution in [-0.4, -0.2) is 59.2 Å². The van der Waals surface area contributed by atoms with Gasteiger partial charge in [-0.1, -0.05) is 6.07 Å². The summed E-state index contributed by atoms with van der Waals surface area (Å²) in [4.78, 5) is 24.1. The fourth-order valence-electron chi connectivity index (χ4n) is 2.83. The normalized spacial score (nSPS) is 15.2. The van der Waals surface area contributed by atoms with Gasteiger partial charge in [0.2, 0.25) is 11.8 Å². The number of hydrogen-bond donors (Lipinski definition) is 1. The van der Waals surface area contributed by atoms with E-state index in [2.05, 4.69) is 19.8 Å². The second kappa shape index (κ2) is 7.43. The minimum Gasteiger partial charge on any atom is -0.481 e. The molecule has 1 aromatic carbocycles. The van der Waals surface area contributed by atoms with Gasteiger partial charge in [-0.05, 0) is 17.7 Å². The molecule has 0 radical (unpaired) electrons. The summed E-state index contributed by atoms with van der Waals surface area (Å²) in [6.45, 7) is 3.37. The third-order valence-corrected chi connectivity index (χ3v) is 4.18. The molecule has 0 saturated carbocycles. The standard InChI is InChI=1S/C17H19FN4O3/c1-25-15-4-5-19-17(20-15)22-8-6-21(7-9-22)11-12-2-3-13(18)10-14(12)16(23)24/h2-5,10H,6-9,11H2,1H3,(H,23,24). The highest BCUT2D eigenvalue weighted by Crippen LogP contribution is 2.18. The molecule has 7 nitrogen and oxygen atoms in total. The van der Waals surface area contributed by atoms with Gasteiger partial charge in [0.25, 0.3) is 0 Å². The monoisotopic (exact) mass is 346 g/mol. The van der Waals surface area contributed by atoms with Crippen LogP contribution in [0.1, 0.15) is 15.9 Å². The second-order valence-electron chi connectivity index (χ2n) is 5.77. The van der Waals surface area contributed by atoms with Crippen molar-refractivity contribution in [1.82, 2.24) is 14.9 Å². The van der Waals surface area contributed by atoms with E-state index in [1.54, 1.807) is 19.4 Å². The first-order valence-electron chi connectivity index (χ1n) is 7.93. The Kier molecular flexibility index (Phi) is 5.08. The van der Waals surface area contributed by atoms with Gasteiger partial charge < -0.3 is 14.7 Å². The van der Waals surface area contributed by atoms with Gasteiger partial charge in [0.05, 0.1) is 12.7 Å². The Morgan fingerprint density at radius 2 is 2.04 bits per heavy atom. The number of carboxylic acids is 1. The van der Waals surface area contributed by atoms with Crippen LogP contribution >= 0.6 is 0 Å². The lowest BCUT2D eigenvalue weighted by Gasteiger charge is -2.34. The van der Waals surface area contributed by atoms with E-state index in [1.165, 1.54) is 12.1 Å². The lowest BCUT2D eigenvalue weighted by atomic mass is 10.1. The van der Waals surface area contributed by atoms with Crippen LogP contribution in [0.15, 0.2) is 30.5 Å². The third kappa shape index (κ3) is 4.03. The van der Waals surface area contributed by atoms with Crippen LogP contribution in [0.2, 0.25) is 0 Å². The third-order valence-electron chi connectivity index (χ3n) is 4.18. The number of benzene rings is 1. The maximum absolute atomic E-state index is 13.3. The fraction of sp³-hybridized carbons (Fsp3) is 0.353. The zero-order valence-electron chi connectivity index (χ0n) is 13.9. The van der Waals surface area contributed by atoms with Crippen molar-refractivity contribution in [2.75, 3.05) is 38.2 Å². The average molecular weight is 346 g/mol. The SMILES string of the molecule is COc1ccnc(N2CCN(Cc3ccc(F)cc3C(=O)O)CC2)n1. The smallest absolute Gasteiger partial charge is 0.336 e. The minimum absolute atomic E-state index is 0.0126. The molecular formula is C17H19FN4O3. The summed E-state index contributed by atoms with van der Waals surface area (Å²) in [5.41, 5.74) is 0.624. The number of nitrogens with zero attached hydrogens (tertiary/aromatic N) is 4. The number of ether oxygens (including phenoxy) is 1. The maximum Gasteiger partial charge on any atom is 0.336 e. The molecule has 0 unspecified atom stereocenters. The molecule has 0 atom stereocenters. The Morgan fingerprint density at radius 3 is 2.72 bits per heavy atom. The highest BCUT2D eigenvalue weighted by Gasteiger charge is 2.21. The van der Waals surface area contributed by atoms with Crippen LogP contribution in [0.5, 0.6) is 5.88 Å². The van der Waals surface area contributed by atoms with Crippen molar-refractivity contribution in [3.05, 3.63) is 47.4 Å². The molecular weight excluding hydrogens is 327 g/mol. The zero-order valence-corrected chi connectivity index (χ0v) is 13.9. The molecule has 8 heteroatoms. The van der Waals surface area contributed by atoms with Crippen molar-refractivity contribution in [2.24, 2.45) is 0 Å². The molecule has 2 heterocycles. The van der Waals surface area contributed by atoms with E-state index in [9.17, 15) is 14.3 Å². The maximum atomic E-state index is 13.3. The average Bonchev–Trinajstić information content (AvgIpc) is 2.63. The number of carbonyl (C=O) groups is 1. The van der Waals surface area contributed by atoms with Crippen LogP contribution < -0.4 is 9.64 Å². The van der Waals surface area contributed by atoms with Crippen LogP contribution in [-0.2, 0) is 6.54 Å². The molecule has 1 saturated heterocycles. The van der Waals surface area contributed by atoms with E-state index in [0.29, 0.717) is 23.9 Å². The van der Waals surface area contributed by atoms with Gasteiger partial charge in [0.1, 0.15) is 5.82 Å². The Morgan fingerprint density at radius 1 is 1.28 bits per heavy atom. The Bertz CT molecular complexity index is 763. The molecule has 1 aliphatic rings. The lowest BCUT2D eigenvalue weighted by Crippen LogP contribution is -2.46. The Hall–Kier alpha value is -2.74. The Balaban J connectivity index is 1.64. The van der Waals surface area contributed by atoms with Crippen molar-refractivity contribution in [3.8, 4) is 5.88 Å². The molecule has 2 aromatic rings. The van der Waals surface area contributed by atoms with Gasteiger partial charge in [-0.2, -0.15) is 4.98 Å². The van der Waals surface area contributed by atoms with E-state index in [4.69, 9.17) is 4.74 Å². The summed E-state index contributed by atoms with van der Waals surface area (Å²) in [7, 11) is 1.56. The van der Waals surface area contributed by atoms with Gasteiger partial charge in [-0.25, -0.2) is 14.2 Å². The van der Waals surface area contributed by atoms with E-state index >= 15 is 0 Å². The van der Waals surface area contributed by atoms with Crippen LogP contribution in [0.25, 0.3) is 0 Å². The van der Waals surface area contributed by atoms with Crippen LogP contribution in [0.3, 0.4) is 0 Å². The Labute approximate surface area is 144 Å². The van der Waals surface area contributed by atoms with Crippen molar-refractivity contribution >= 4 is 11.9 Å². The van der Waals surface area contributed by atoms with E-state index in [0.717, 1.165) is 32.2 Å². The molecule has 1 aromatic heterocycles. The summed E-state index contributed by atoms with van der Waals surface area (Å²) in [5, 5.41) is 9.24. The first kappa shape index (κ1) is 17.1. The molecule has 1 fully saturated rings. The van der Waals surface area contributed by atoms with Crippen molar-refractivity contribution in [3.63, 3.8) is 0 Å². The second-order valence-corrected chi connectivity index (χ2v) is 5.77. The highest BCUT2D eigenvalue weighted by molar-refractivity contribution is 5.89. The predicted molar refractivity (Wildman–Crippen MR) is 89.4 cm³/mol. The lowest BCUT2D eigenvalue weighted by molar-refractivity contribution is 0.0693. The summed E-state index contributed by atoms with van der Waals surface area (Å²) in [6.07, 6.45) is 1.66. The number of aromatic carboxylic acids is 1. The highest BCUT2D eigenvalue weighted by atomic mass is 19.1. The first-order chi connectivity index (χ1) is 12.1. The minimum atomic E-state index is -1.11. The summed E-state index contributed by atoms with van der Waals surface area (Å²) < 4.78 is 18.4. The largest absolute Gasteiger partial charge is 0.481 e. The molecule has 0 bridgehead atoms. The van der Waals surface area contributed by atoms with Gasteiger partial charge in [0, 0.05) is 45.0 Å². The predicted octanol–water partition coefficient (Wildman–Crippen LogP) is 1.64. The number of methoxy groups -OCH3 is 1. The number of halogens is 1. The van der Waals surface area contributed by atoms with Crippen molar-refractivity contribution in [1.29, 1.82) is 0 Å².